The third-order valence-corrected chi connectivity index (χ3v) is 6.38. The summed E-state index contributed by atoms with van der Waals surface area (Å²) >= 11 is 2.88. The summed E-state index contributed by atoms with van der Waals surface area (Å²) in [5, 5.41) is 13.1. The second kappa shape index (κ2) is 6.94. The molecule has 7 heteroatoms. The maximum atomic E-state index is 12.6. The minimum absolute atomic E-state index is 0.339. The average molecular weight is 362 g/mol. The summed E-state index contributed by atoms with van der Waals surface area (Å²) in [5.41, 5.74) is 0.625. The van der Waals surface area contributed by atoms with Crippen molar-refractivity contribution in [3.63, 3.8) is 0 Å². The maximum absolute atomic E-state index is 12.6. The zero-order valence-electron chi connectivity index (χ0n) is 13.2. The molecule has 1 saturated heterocycles. The van der Waals surface area contributed by atoms with Gasteiger partial charge in [-0.3, -0.25) is 4.79 Å². The number of aryl methyl sites for hydroxylation is 1. The Kier molecular flexibility index (Phi) is 4.91. The zero-order chi connectivity index (χ0) is 17.2. The van der Waals surface area contributed by atoms with Crippen LogP contribution in [0.15, 0.2) is 30.3 Å². The molecule has 5 nitrogen and oxygen atoms in total. The van der Waals surface area contributed by atoms with Crippen molar-refractivity contribution in [2.24, 2.45) is 0 Å². The second-order valence-electron chi connectivity index (χ2n) is 5.83. The van der Waals surface area contributed by atoms with Gasteiger partial charge in [0.1, 0.15) is 10.4 Å². The van der Waals surface area contributed by atoms with E-state index in [0.29, 0.717) is 29.2 Å². The summed E-state index contributed by atoms with van der Waals surface area (Å²) in [6.07, 6.45) is 1.12. The molecule has 0 spiro atoms. The molecule has 3 rings (SSSR count). The number of rotatable bonds is 5. The molecule has 2 N–H and O–H groups in total. The maximum Gasteiger partial charge on any atom is 0.330 e. The van der Waals surface area contributed by atoms with Gasteiger partial charge in [-0.2, -0.15) is 11.8 Å². The van der Waals surface area contributed by atoms with E-state index < -0.39 is 11.5 Å². The molecule has 0 saturated carbocycles. The molecule has 1 fully saturated rings. The van der Waals surface area contributed by atoms with Crippen LogP contribution in [0.3, 0.4) is 0 Å². The second-order valence-corrected chi connectivity index (χ2v) is 8.02. The predicted octanol–water partition coefficient (Wildman–Crippen LogP) is 2.73. The molecule has 0 radical (unpaired) electrons. The van der Waals surface area contributed by atoms with Gasteiger partial charge in [-0.1, -0.05) is 30.3 Å². The minimum Gasteiger partial charge on any atom is -0.479 e. The van der Waals surface area contributed by atoms with Gasteiger partial charge in [-0.15, -0.1) is 11.3 Å². The first-order valence-electron chi connectivity index (χ1n) is 7.64. The van der Waals surface area contributed by atoms with Crippen molar-refractivity contribution >= 4 is 35.0 Å². The molecular formula is C17H18N2O3S2. The number of hydrogen-bond acceptors (Lipinski definition) is 5. The number of aromatic nitrogens is 1. The van der Waals surface area contributed by atoms with Crippen LogP contribution in [0.25, 0.3) is 0 Å². The van der Waals surface area contributed by atoms with E-state index >= 15 is 0 Å². The Labute approximate surface area is 148 Å². The Hall–Kier alpha value is -1.86. The number of amides is 1. The highest BCUT2D eigenvalue weighted by atomic mass is 32.2. The monoisotopic (exact) mass is 362 g/mol. The number of nitrogens with zero attached hydrogens (tertiary/aromatic N) is 1. The summed E-state index contributed by atoms with van der Waals surface area (Å²) in [5.74, 6) is -0.155. The van der Waals surface area contributed by atoms with Gasteiger partial charge in [0.2, 0.25) is 0 Å². The van der Waals surface area contributed by atoms with E-state index in [1.54, 1.807) is 18.7 Å². The first-order chi connectivity index (χ1) is 11.5. The number of thioether (sulfide) groups is 1. The number of aliphatic carboxylic acids is 1. The number of carbonyl (C=O) groups is 2. The molecule has 126 valence electrons. The van der Waals surface area contributed by atoms with Crippen molar-refractivity contribution in [1.29, 1.82) is 0 Å². The summed E-state index contributed by atoms with van der Waals surface area (Å²) in [7, 11) is 0. The van der Waals surface area contributed by atoms with E-state index in [2.05, 4.69) is 10.3 Å². The zero-order valence-corrected chi connectivity index (χ0v) is 14.9. The van der Waals surface area contributed by atoms with Crippen LogP contribution in [-0.2, 0) is 11.2 Å². The third kappa shape index (κ3) is 3.47. The first kappa shape index (κ1) is 17.0. The van der Waals surface area contributed by atoms with E-state index in [4.69, 9.17) is 0 Å². The fourth-order valence-electron chi connectivity index (χ4n) is 2.67. The van der Waals surface area contributed by atoms with Gasteiger partial charge in [0, 0.05) is 12.2 Å². The highest BCUT2D eigenvalue weighted by Gasteiger charge is 2.43. The SMILES string of the molecule is Cc1nc(Cc2ccccc2)sc1C(=O)NC1(C(=O)O)CCSC1. The van der Waals surface area contributed by atoms with Crippen LogP contribution < -0.4 is 5.32 Å². The molecule has 1 aliphatic heterocycles. The first-order valence-corrected chi connectivity index (χ1v) is 9.61. The average Bonchev–Trinajstić information content (AvgIpc) is 3.16. The number of carboxylic acid groups (broad SMARTS) is 1. The lowest BCUT2D eigenvalue weighted by atomic mass is 9.99. The Morgan fingerprint density at radius 1 is 1.33 bits per heavy atom. The molecule has 0 bridgehead atoms. The van der Waals surface area contributed by atoms with Crippen LogP contribution in [0.1, 0.15) is 32.4 Å². The van der Waals surface area contributed by atoms with Crippen molar-refractivity contribution in [3.05, 3.63) is 51.5 Å². The fraction of sp³-hybridized carbons (Fsp3) is 0.353. The van der Waals surface area contributed by atoms with Gasteiger partial charge >= 0.3 is 5.97 Å². The molecule has 24 heavy (non-hydrogen) atoms. The van der Waals surface area contributed by atoms with Gasteiger partial charge < -0.3 is 10.4 Å². The summed E-state index contributed by atoms with van der Waals surface area (Å²) in [6.45, 7) is 1.79. The Balaban J connectivity index is 1.77. The Morgan fingerprint density at radius 2 is 2.08 bits per heavy atom. The standard InChI is InChI=1S/C17H18N2O3S2/c1-11-14(15(20)19-17(16(21)22)7-8-23-10-17)24-13(18-11)9-12-5-3-2-4-6-12/h2-6H,7-10H2,1H3,(H,19,20)(H,21,22). The Bertz CT molecular complexity index is 752. The lowest BCUT2D eigenvalue weighted by Crippen LogP contribution is -2.54. The molecule has 1 amide bonds. The normalized spacial score (nSPS) is 20.0. The van der Waals surface area contributed by atoms with E-state index in [-0.39, 0.29) is 5.91 Å². The third-order valence-electron chi connectivity index (χ3n) is 4.03. The van der Waals surface area contributed by atoms with Gasteiger partial charge in [0.05, 0.1) is 10.7 Å². The van der Waals surface area contributed by atoms with Gasteiger partial charge in [0.15, 0.2) is 0 Å². The lowest BCUT2D eigenvalue weighted by molar-refractivity contribution is -0.143. The molecule has 1 aliphatic rings. The number of hydrogen-bond donors (Lipinski definition) is 2. The van der Waals surface area contributed by atoms with Crippen LogP contribution >= 0.6 is 23.1 Å². The number of thiazole rings is 1. The predicted molar refractivity (Wildman–Crippen MR) is 95.9 cm³/mol. The largest absolute Gasteiger partial charge is 0.479 e. The molecule has 1 aromatic carbocycles. The topological polar surface area (TPSA) is 79.3 Å². The Morgan fingerprint density at radius 3 is 2.71 bits per heavy atom. The van der Waals surface area contributed by atoms with Crippen LogP contribution in [0.5, 0.6) is 0 Å². The van der Waals surface area contributed by atoms with E-state index in [0.717, 1.165) is 16.3 Å². The van der Waals surface area contributed by atoms with Crippen molar-refractivity contribution in [2.75, 3.05) is 11.5 Å². The molecule has 1 aromatic heterocycles. The van der Waals surface area contributed by atoms with E-state index in [9.17, 15) is 14.7 Å². The molecule has 2 aromatic rings. The van der Waals surface area contributed by atoms with Crippen LogP contribution in [0.2, 0.25) is 0 Å². The smallest absolute Gasteiger partial charge is 0.330 e. The van der Waals surface area contributed by atoms with E-state index in [1.165, 1.54) is 11.3 Å². The van der Waals surface area contributed by atoms with Gasteiger partial charge in [-0.25, -0.2) is 9.78 Å². The summed E-state index contributed by atoms with van der Waals surface area (Å²) in [6, 6.07) is 9.94. The van der Waals surface area contributed by atoms with Crippen molar-refractivity contribution in [2.45, 2.75) is 25.3 Å². The van der Waals surface area contributed by atoms with Crippen LogP contribution in [0.4, 0.5) is 0 Å². The van der Waals surface area contributed by atoms with Crippen molar-refractivity contribution < 1.29 is 14.7 Å². The van der Waals surface area contributed by atoms with Crippen LogP contribution in [-0.4, -0.2) is 39.0 Å². The summed E-state index contributed by atoms with van der Waals surface area (Å²) < 4.78 is 0. The number of benzene rings is 1. The lowest BCUT2D eigenvalue weighted by Gasteiger charge is -2.24. The van der Waals surface area contributed by atoms with Crippen LogP contribution in [0, 0.1) is 6.92 Å². The summed E-state index contributed by atoms with van der Waals surface area (Å²) in [4.78, 5) is 29.1. The molecule has 1 unspecified atom stereocenters. The highest BCUT2D eigenvalue weighted by Crippen LogP contribution is 2.29. The highest BCUT2D eigenvalue weighted by molar-refractivity contribution is 7.99. The number of nitrogens with one attached hydrogen (secondary N) is 1. The van der Waals surface area contributed by atoms with Gasteiger partial charge in [-0.05, 0) is 24.7 Å². The van der Waals surface area contributed by atoms with Crippen molar-refractivity contribution in [3.8, 4) is 0 Å². The van der Waals surface area contributed by atoms with Crippen molar-refractivity contribution in [1.82, 2.24) is 10.3 Å². The van der Waals surface area contributed by atoms with E-state index in [1.807, 2.05) is 30.3 Å². The quantitative estimate of drug-likeness (QED) is 0.855. The van der Waals surface area contributed by atoms with Gasteiger partial charge in [0.25, 0.3) is 5.91 Å². The number of carboxylic acids is 1. The molecule has 1 atom stereocenters. The molecule has 0 aliphatic carbocycles. The minimum atomic E-state index is -1.15. The molecule has 2 heterocycles. The number of carbonyl (C=O) groups excluding carboxylic acids is 1. The fourth-order valence-corrected chi connectivity index (χ4v) is 4.99. The molecular weight excluding hydrogens is 344 g/mol.